The molecule has 0 amide bonds. The van der Waals surface area contributed by atoms with Gasteiger partial charge in [0.25, 0.3) is 5.56 Å². The summed E-state index contributed by atoms with van der Waals surface area (Å²) in [5, 5.41) is 1.32. The van der Waals surface area contributed by atoms with Crippen LogP contribution >= 0.6 is 46.9 Å². The molecule has 3 heterocycles. The van der Waals surface area contributed by atoms with Crippen molar-refractivity contribution >= 4 is 57.3 Å². The molecule has 0 N–H and O–H groups in total. The largest absolute Gasteiger partial charge is 0.467 e. The van der Waals surface area contributed by atoms with Crippen LogP contribution in [0.4, 0.5) is 0 Å². The zero-order valence-corrected chi connectivity index (χ0v) is 21.2. The van der Waals surface area contributed by atoms with Gasteiger partial charge in [0.2, 0.25) is 0 Å². The molecule has 2 aromatic carbocycles. The first-order valence-electron chi connectivity index (χ1n) is 10.7. The van der Waals surface area contributed by atoms with Gasteiger partial charge in [-0.25, -0.2) is 4.98 Å². The molecule has 0 spiro atoms. The Kier molecular flexibility index (Phi) is 7.01. The normalized spacial score (nSPS) is 11.3. The van der Waals surface area contributed by atoms with Gasteiger partial charge in [0.1, 0.15) is 10.5 Å². The molecule has 9 heteroatoms. The lowest BCUT2D eigenvalue weighted by Crippen LogP contribution is -2.23. The predicted molar refractivity (Wildman–Crippen MR) is 142 cm³/mol. The van der Waals surface area contributed by atoms with E-state index >= 15 is 0 Å². The van der Waals surface area contributed by atoms with Crippen LogP contribution < -0.4 is 5.56 Å². The number of thiazole rings is 1. The lowest BCUT2D eigenvalue weighted by Gasteiger charge is -2.12. The number of aryl methyl sites for hydroxylation is 2. The molecular formula is C25H20ClN3O2S3. The van der Waals surface area contributed by atoms with Crippen LogP contribution in [0.25, 0.3) is 10.3 Å². The second kappa shape index (κ2) is 10.3. The molecule has 34 heavy (non-hydrogen) atoms. The van der Waals surface area contributed by atoms with Gasteiger partial charge in [0, 0.05) is 17.3 Å². The molecule has 3 aromatic heterocycles. The molecule has 0 saturated carbocycles. The lowest BCUT2D eigenvalue weighted by molar-refractivity contribution is 0.476. The number of benzene rings is 2. The van der Waals surface area contributed by atoms with E-state index in [0.29, 0.717) is 49.1 Å². The summed E-state index contributed by atoms with van der Waals surface area (Å²) < 4.78 is 10.4. The molecule has 5 aromatic rings. The monoisotopic (exact) mass is 525 g/mol. The topological polar surface area (TPSA) is 53.0 Å². The highest BCUT2D eigenvalue weighted by Crippen LogP contribution is 2.26. The number of hydrogen-bond acceptors (Lipinski definition) is 6. The fourth-order valence-corrected chi connectivity index (χ4v) is 6.03. The summed E-state index contributed by atoms with van der Waals surface area (Å²) in [6.07, 6.45) is 2.42. The van der Waals surface area contributed by atoms with E-state index in [1.807, 2.05) is 59.2 Å². The summed E-state index contributed by atoms with van der Waals surface area (Å²) in [7, 11) is 0. The van der Waals surface area contributed by atoms with Crippen molar-refractivity contribution in [3.05, 3.63) is 109 Å². The second-order valence-electron chi connectivity index (χ2n) is 7.69. The van der Waals surface area contributed by atoms with Crippen LogP contribution in [0.5, 0.6) is 0 Å². The first-order valence-corrected chi connectivity index (χ1v) is 13.2. The lowest BCUT2D eigenvalue weighted by atomic mass is 10.1. The average Bonchev–Trinajstić information content (AvgIpc) is 3.47. The van der Waals surface area contributed by atoms with Crippen LogP contribution in [0, 0.1) is 3.95 Å². The maximum absolute atomic E-state index is 13.6. The fourth-order valence-electron chi connectivity index (χ4n) is 3.63. The van der Waals surface area contributed by atoms with Gasteiger partial charge in [0.15, 0.2) is 14.8 Å². The number of fused-ring (bicyclic) bond motifs is 1. The van der Waals surface area contributed by atoms with Crippen molar-refractivity contribution in [2.24, 2.45) is 0 Å². The van der Waals surface area contributed by atoms with Crippen LogP contribution in [-0.4, -0.2) is 14.1 Å². The molecule has 0 aliphatic heterocycles. The molecule has 0 aliphatic carbocycles. The number of aromatic nitrogens is 3. The summed E-state index contributed by atoms with van der Waals surface area (Å²) in [6, 6.07) is 21.6. The minimum Gasteiger partial charge on any atom is -0.467 e. The molecule has 5 nitrogen and oxygen atoms in total. The number of thioether (sulfide) groups is 1. The van der Waals surface area contributed by atoms with Crippen LogP contribution in [-0.2, 0) is 25.3 Å². The zero-order valence-electron chi connectivity index (χ0n) is 18.0. The summed E-state index contributed by atoms with van der Waals surface area (Å²) in [4.78, 5) is 18.5. The number of hydrogen-bond donors (Lipinski definition) is 0. The van der Waals surface area contributed by atoms with E-state index in [-0.39, 0.29) is 5.56 Å². The maximum Gasteiger partial charge on any atom is 0.274 e. The van der Waals surface area contributed by atoms with Gasteiger partial charge < -0.3 is 8.98 Å². The first kappa shape index (κ1) is 23.1. The number of halogens is 1. The van der Waals surface area contributed by atoms with Gasteiger partial charge in [-0.15, -0.1) is 0 Å². The highest BCUT2D eigenvalue weighted by molar-refractivity contribution is 7.98. The third-order valence-corrected chi connectivity index (χ3v) is 8.11. The minimum atomic E-state index is -0.102. The van der Waals surface area contributed by atoms with E-state index in [1.165, 1.54) is 28.7 Å². The van der Waals surface area contributed by atoms with Crippen molar-refractivity contribution in [2.45, 2.75) is 30.4 Å². The fraction of sp³-hybridized carbons (Fsp3) is 0.160. The van der Waals surface area contributed by atoms with Crippen molar-refractivity contribution in [1.29, 1.82) is 0 Å². The van der Waals surface area contributed by atoms with E-state index in [1.54, 1.807) is 10.8 Å². The Morgan fingerprint density at radius 2 is 1.79 bits per heavy atom. The Bertz CT molecular complexity index is 1520. The third-order valence-electron chi connectivity index (χ3n) is 5.38. The Balaban J connectivity index is 1.54. The van der Waals surface area contributed by atoms with Gasteiger partial charge in [-0.3, -0.25) is 9.36 Å². The van der Waals surface area contributed by atoms with Gasteiger partial charge >= 0.3 is 0 Å². The number of nitrogens with zero attached hydrogens (tertiary/aromatic N) is 3. The summed E-state index contributed by atoms with van der Waals surface area (Å²) in [6.45, 7) is 0.977. The van der Waals surface area contributed by atoms with E-state index in [9.17, 15) is 4.79 Å². The molecule has 0 saturated heterocycles. The molecule has 0 fully saturated rings. The van der Waals surface area contributed by atoms with E-state index in [4.69, 9.17) is 33.2 Å². The van der Waals surface area contributed by atoms with Crippen molar-refractivity contribution in [3.63, 3.8) is 0 Å². The highest BCUT2D eigenvalue weighted by Gasteiger charge is 2.18. The predicted octanol–water partition coefficient (Wildman–Crippen LogP) is 6.82. The second-order valence-corrected chi connectivity index (χ2v) is 10.7. The molecular weight excluding hydrogens is 506 g/mol. The van der Waals surface area contributed by atoms with Crippen LogP contribution in [0.15, 0.2) is 87.4 Å². The molecule has 0 unspecified atom stereocenters. The number of furan rings is 1. The maximum atomic E-state index is 13.6. The Hall–Kier alpha value is -2.65. The average molecular weight is 526 g/mol. The Labute approximate surface area is 214 Å². The molecule has 172 valence electrons. The smallest absolute Gasteiger partial charge is 0.274 e. The van der Waals surface area contributed by atoms with Gasteiger partial charge in [-0.2, -0.15) is 0 Å². The van der Waals surface area contributed by atoms with Gasteiger partial charge in [-0.1, -0.05) is 77.2 Å². The van der Waals surface area contributed by atoms with Crippen LogP contribution in [0.2, 0.25) is 5.02 Å². The standard InChI is InChI=1S/C25H20ClN3O2S3/c26-19-10-8-18(9-11-19)16-33-24-27-22-21(23(30)29(24)15-20-7-4-14-31-20)34-25(32)28(22)13-12-17-5-2-1-3-6-17/h1-11,14H,12-13,15-16H2. The quantitative estimate of drug-likeness (QED) is 0.126. The van der Waals surface area contributed by atoms with Gasteiger partial charge in [-0.05, 0) is 54.0 Å². The third kappa shape index (κ3) is 5.05. The van der Waals surface area contributed by atoms with E-state index in [2.05, 4.69) is 12.1 Å². The zero-order chi connectivity index (χ0) is 23.5. The van der Waals surface area contributed by atoms with Crippen molar-refractivity contribution in [3.8, 4) is 0 Å². The number of rotatable bonds is 8. The SMILES string of the molecule is O=c1c2sc(=S)n(CCc3ccccc3)c2nc(SCc2ccc(Cl)cc2)n1Cc1ccco1. The van der Waals surface area contributed by atoms with Crippen molar-refractivity contribution in [1.82, 2.24) is 14.1 Å². The summed E-state index contributed by atoms with van der Waals surface area (Å²) in [5.74, 6) is 1.35. The van der Waals surface area contributed by atoms with Crippen LogP contribution in [0.1, 0.15) is 16.9 Å². The molecule has 0 radical (unpaired) electrons. The molecule has 5 rings (SSSR count). The minimum absolute atomic E-state index is 0.102. The summed E-state index contributed by atoms with van der Waals surface area (Å²) >= 11 is 14.5. The Morgan fingerprint density at radius 1 is 1.00 bits per heavy atom. The highest BCUT2D eigenvalue weighted by atomic mass is 35.5. The molecule has 0 aliphatic rings. The van der Waals surface area contributed by atoms with E-state index < -0.39 is 0 Å². The van der Waals surface area contributed by atoms with Crippen molar-refractivity contribution in [2.75, 3.05) is 0 Å². The van der Waals surface area contributed by atoms with Crippen LogP contribution in [0.3, 0.4) is 0 Å². The van der Waals surface area contributed by atoms with E-state index in [0.717, 1.165) is 12.0 Å². The summed E-state index contributed by atoms with van der Waals surface area (Å²) in [5.41, 5.74) is 2.85. The first-order chi connectivity index (χ1) is 16.6. The molecule has 0 bridgehead atoms. The Morgan fingerprint density at radius 3 is 2.53 bits per heavy atom. The van der Waals surface area contributed by atoms with Crippen molar-refractivity contribution < 1.29 is 4.42 Å². The molecule has 0 atom stereocenters. The van der Waals surface area contributed by atoms with Gasteiger partial charge in [0.05, 0.1) is 12.8 Å².